The van der Waals surface area contributed by atoms with Gasteiger partial charge in [-0.3, -0.25) is 9.59 Å². The Morgan fingerprint density at radius 3 is 2.67 bits per heavy atom. The first-order valence-electron chi connectivity index (χ1n) is 7.26. The lowest BCUT2D eigenvalue weighted by Gasteiger charge is -2.23. The van der Waals surface area contributed by atoms with Crippen LogP contribution in [0.3, 0.4) is 0 Å². The summed E-state index contributed by atoms with van der Waals surface area (Å²) in [6.45, 7) is 0. The van der Waals surface area contributed by atoms with Crippen molar-refractivity contribution in [2.45, 2.75) is 6.04 Å². The lowest BCUT2D eigenvalue weighted by atomic mass is 10.1. The fraction of sp³-hybridized carbons (Fsp3) is 0.176. The fourth-order valence-corrected chi connectivity index (χ4v) is 3.74. The van der Waals surface area contributed by atoms with Crippen molar-refractivity contribution in [2.75, 3.05) is 16.9 Å². The topological polar surface area (TPSA) is 49.4 Å². The Kier molecular flexibility index (Phi) is 5.06. The van der Waals surface area contributed by atoms with Gasteiger partial charge in [0.15, 0.2) is 0 Å². The Hall–Kier alpha value is -2.05. The quantitative estimate of drug-likeness (QED) is 0.904. The summed E-state index contributed by atoms with van der Waals surface area (Å²) >= 11 is 7.24. The molecule has 1 heterocycles. The minimum atomic E-state index is -0.577. The second-order valence-corrected chi connectivity index (χ2v) is 6.68. The number of nitrogens with zero attached hydrogens (tertiary/aromatic N) is 1. The van der Waals surface area contributed by atoms with Crippen LogP contribution in [0.4, 0.5) is 10.1 Å². The van der Waals surface area contributed by atoms with Gasteiger partial charge in [0.05, 0.1) is 10.9 Å². The maximum Gasteiger partial charge on any atom is 0.255 e. The summed E-state index contributed by atoms with van der Waals surface area (Å²) in [4.78, 5) is 26.6. The van der Waals surface area contributed by atoms with Crippen LogP contribution < -0.4 is 5.32 Å². The predicted octanol–water partition coefficient (Wildman–Crippen LogP) is 3.63. The number of anilines is 1. The van der Waals surface area contributed by atoms with Gasteiger partial charge in [-0.1, -0.05) is 29.8 Å². The molecule has 1 aliphatic heterocycles. The van der Waals surface area contributed by atoms with Crippen LogP contribution in [-0.4, -0.2) is 34.4 Å². The molecule has 1 aliphatic rings. The Bertz CT molecular complexity index is 772. The fourth-order valence-electron chi connectivity index (χ4n) is 2.41. The van der Waals surface area contributed by atoms with Gasteiger partial charge in [0, 0.05) is 17.0 Å². The highest BCUT2D eigenvalue weighted by Crippen LogP contribution is 2.25. The highest BCUT2D eigenvalue weighted by Gasteiger charge is 2.35. The molecule has 0 aliphatic carbocycles. The van der Waals surface area contributed by atoms with Crippen LogP contribution in [0.25, 0.3) is 0 Å². The maximum atomic E-state index is 13.2. The molecule has 1 fully saturated rings. The van der Waals surface area contributed by atoms with Crippen molar-refractivity contribution in [1.29, 1.82) is 0 Å². The van der Waals surface area contributed by atoms with Gasteiger partial charge in [0.25, 0.3) is 5.91 Å². The molecule has 2 amide bonds. The van der Waals surface area contributed by atoms with Crippen molar-refractivity contribution in [3.63, 3.8) is 0 Å². The van der Waals surface area contributed by atoms with Crippen molar-refractivity contribution in [3.8, 4) is 0 Å². The van der Waals surface area contributed by atoms with E-state index in [-0.39, 0.29) is 16.8 Å². The van der Waals surface area contributed by atoms with Crippen molar-refractivity contribution < 1.29 is 14.0 Å². The number of nitrogens with one attached hydrogen (secondary N) is 1. The summed E-state index contributed by atoms with van der Waals surface area (Å²) < 4.78 is 13.2. The Balaban J connectivity index is 1.74. The molecule has 0 saturated carbocycles. The van der Waals surface area contributed by atoms with E-state index in [1.807, 2.05) is 6.07 Å². The van der Waals surface area contributed by atoms with Crippen LogP contribution in [0.1, 0.15) is 10.4 Å². The highest BCUT2D eigenvalue weighted by atomic mass is 35.5. The van der Waals surface area contributed by atoms with Crippen molar-refractivity contribution in [2.24, 2.45) is 0 Å². The number of thioether (sulfide) groups is 1. The van der Waals surface area contributed by atoms with Crippen molar-refractivity contribution in [3.05, 3.63) is 64.9 Å². The zero-order valence-electron chi connectivity index (χ0n) is 12.5. The number of halogens is 2. The number of amides is 2. The Labute approximate surface area is 148 Å². The predicted molar refractivity (Wildman–Crippen MR) is 93.8 cm³/mol. The molecule has 0 spiro atoms. The number of benzene rings is 2. The van der Waals surface area contributed by atoms with Gasteiger partial charge in [0.1, 0.15) is 11.9 Å². The van der Waals surface area contributed by atoms with E-state index < -0.39 is 11.9 Å². The maximum absolute atomic E-state index is 13.2. The summed E-state index contributed by atoms with van der Waals surface area (Å²) in [6.07, 6.45) is 0. The number of carbonyl (C=O) groups is 2. The van der Waals surface area contributed by atoms with Gasteiger partial charge in [-0.25, -0.2) is 4.39 Å². The number of hydrogen-bond acceptors (Lipinski definition) is 3. The molecule has 2 aromatic carbocycles. The lowest BCUT2D eigenvalue weighted by Crippen LogP contribution is -2.44. The normalized spacial score (nSPS) is 16.9. The molecule has 3 rings (SSSR count). The average molecular weight is 365 g/mol. The molecule has 2 aromatic rings. The standard InChI is InChI=1S/C17H14ClFN2O2S/c18-13-8-12(6-7-14(13)19)20-16(22)15-9-24-10-21(15)17(23)11-4-2-1-3-5-11/h1-8,15H,9-10H2,(H,20,22). The smallest absolute Gasteiger partial charge is 0.255 e. The number of rotatable bonds is 3. The highest BCUT2D eigenvalue weighted by molar-refractivity contribution is 7.99. The van der Waals surface area contributed by atoms with Crippen molar-refractivity contribution >= 4 is 40.9 Å². The van der Waals surface area contributed by atoms with Crippen LogP contribution in [0.5, 0.6) is 0 Å². The second kappa shape index (κ2) is 7.23. The minimum absolute atomic E-state index is 0.0641. The molecule has 1 atom stereocenters. The van der Waals surface area contributed by atoms with E-state index in [0.717, 1.165) is 0 Å². The van der Waals surface area contributed by atoms with Gasteiger partial charge < -0.3 is 10.2 Å². The minimum Gasteiger partial charge on any atom is -0.324 e. The molecule has 0 bridgehead atoms. The van der Waals surface area contributed by atoms with E-state index in [1.165, 1.54) is 30.0 Å². The molecule has 124 valence electrons. The zero-order valence-corrected chi connectivity index (χ0v) is 14.1. The van der Waals surface area contributed by atoms with Crippen LogP contribution in [0.2, 0.25) is 5.02 Å². The van der Waals surface area contributed by atoms with Gasteiger partial charge in [-0.2, -0.15) is 0 Å². The summed E-state index contributed by atoms with van der Waals surface area (Å²) in [7, 11) is 0. The molecule has 1 N–H and O–H groups in total. The van der Waals surface area contributed by atoms with Crippen LogP contribution in [0.15, 0.2) is 48.5 Å². The summed E-state index contributed by atoms with van der Waals surface area (Å²) in [5.74, 6) is -0.0770. The first-order chi connectivity index (χ1) is 11.6. The van der Waals surface area contributed by atoms with Crippen LogP contribution in [0, 0.1) is 5.82 Å². The number of carbonyl (C=O) groups excluding carboxylic acids is 2. The van der Waals surface area contributed by atoms with Crippen LogP contribution in [-0.2, 0) is 4.79 Å². The van der Waals surface area contributed by atoms with E-state index >= 15 is 0 Å². The third-order valence-electron chi connectivity index (χ3n) is 3.65. The van der Waals surface area contributed by atoms with E-state index in [1.54, 1.807) is 29.2 Å². The summed E-state index contributed by atoms with van der Waals surface area (Å²) in [6, 6.07) is 12.2. The van der Waals surface area contributed by atoms with E-state index in [2.05, 4.69) is 5.32 Å². The van der Waals surface area contributed by atoms with Gasteiger partial charge >= 0.3 is 0 Å². The lowest BCUT2D eigenvalue weighted by molar-refractivity contribution is -0.119. The molecule has 1 unspecified atom stereocenters. The largest absolute Gasteiger partial charge is 0.324 e. The van der Waals surface area contributed by atoms with Crippen LogP contribution >= 0.6 is 23.4 Å². The molecule has 24 heavy (non-hydrogen) atoms. The van der Waals surface area contributed by atoms with E-state index in [4.69, 9.17) is 11.6 Å². The second-order valence-electron chi connectivity index (χ2n) is 5.27. The van der Waals surface area contributed by atoms with Gasteiger partial charge in [0.2, 0.25) is 5.91 Å². The molecule has 4 nitrogen and oxygen atoms in total. The van der Waals surface area contributed by atoms with Gasteiger partial charge in [-0.05, 0) is 30.3 Å². The number of hydrogen-bond donors (Lipinski definition) is 1. The Morgan fingerprint density at radius 1 is 1.21 bits per heavy atom. The summed E-state index contributed by atoms with van der Waals surface area (Å²) in [5.41, 5.74) is 0.943. The van der Waals surface area contributed by atoms with E-state index in [9.17, 15) is 14.0 Å². The molecule has 0 radical (unpaired) electrons. The third kappa shape index (κ3) is 3.55. The SMILES string of the molecule is O=C(Nc1ccc(F)c(Cl)c1)C1CSCN1C(=O)c1ccccc1. The molecular weight excluding hydrogens is 351 g/mol. The monoisotopic (exact) mass is 364 g/mol. The zero-order chi connectivity index (χ0) is 17.1. The first kappa shape index (κ1) is 16.8. The van der Waals surface area contributed by atoms with Crippen molar-refractivity contribution in [1.82, 2.24) is 4.90 Å². The summed E-state index contributed by atoms with van der Waals surface area (Å²) in [5, 5.41) is 2.63. The Morgan fingerprint density at radius 2 is 1.96 bits per heavy atom. The average Bonchev–Trinajstić information content (AvgIpc) is 3.08. The first-order valence-corrected chi connectivity index (χ1v) is 8.79. The molecule has 0 aromatic heterocycles. The molecular formula is C17H14ClFN2O2S. The molecule has 1 saturated heterocycles. The van der Waals surface area contributed by atoms with Gasteiger partial charge in [-0.15, -0.1) is 11.8 Å². The third-order valence-corrected chi connectivity index (χ3v) is 4.96. The van der Waals surface area contributed by atoms with E-state index in [0.29, 0.717) is 22.9 Å². The molecule has 7 heteroatoms.